The zero-order chi connectivity index (χ0) is 16.8. The number of benzene rings is 1. The largest absolute Gasteiger partial charge is 0.352 e. The Hall–Kier alpha value is -1.85. The van der Waals surface area contributed by atoms with Gasteiger partial charge in [-0.2, -0.15) is 5.10 Å². The highest BCUT2D eigenvalue weighted by Gasteiger charge is 2.21. The van der Waals surface area contributed by atoms with E-state index in [1.54, 1.807) is 0 Å². The molecule has 3 rings (SSSR count). The number of carbonyl (C=O) groups excluding carboxylic acids is 1. The summed E-state index contributed by atoms with van der Waals surface area (Å²) in [5.41, 5.74) is 2.25. The number of piperidine rings is 1. The van der Waals surface area contributed by atoms with E-state index in [-0.39, 0.29) is 5.91 Å². The van der Waals surface area contributed by atoms with E-state index in [1.165, 1.54) is 5.56 Å². The lowest BCUT2D eigenvalue weighted by Gasteiger charge is -2.31. The molecule has 1 fully saturated rings. The van der Waals surface area contributed by atoms with Crippen LogP contribution in [0.1, 0.15) is 36.3 Å². The molecule has 0 saturated carbocycles. The van der Waals surface area contributed by atoms with Crippen LogP contribution in [0, 0.1) is 0 Å². The molecule has 1 amide bonds. The second-order valence-electron chi connectivity index (χ2n) is 6.27. The Morgan fingerprint density at radius 1 is 1.33 bits per heavy atom. The molecule has 1 aliphatic heterocycles. The molecule has 0 atom stereocenters. The van der Waals surface area contributed by atoms with E-state index in [2.05, 4.69) is 20.4 Å². The number of carbonyl (C=O) groups is 1. The van der Waals surface area contributed by atoms with E-state index in [1.807, 2.05) is 36.7 Å². The molecule has 128 valence electrons. The van der Waals surface area contributed by atoms with Crippen LogP contribution in [-0.2, 0) is 11.3 Å². The van der Waals surface area contributed by atoms with E-state index in [0.29, 0.717) is 23.9 Å². The summed E-state index contributed by atoms with van der Waals surface area (Å²) in [5, 5.41) is 10.6. The highest BCUT2D eigenvalue weighted by molar-refractivity contribution is 6.31. The molecule has 1 aromatic heterocycles. The average Bonchev–Trinajstić information content (AvgIpc) is 3.14. The summed E-state index contributed by atoms with van der Waals surface area (Å²) in [6.07, 6.45) is 6.69. The van der Waals surface area contributed by atoms with Crippen LogP contribution < -0.4 is 5.32 Å². The van der Waals surface area contributed by atoms with Crippen LogP contribution in [0.4, 0.5) is 0 Å². The monoisotopic (exact) mass is 346 g/mol. The summed E-state index contributed by atoms with van der Waals surface area (Å²) in [5.74, 6) is 0.668. The first-order chi connectivity index (χ1) is 11.7. The first-order valence-electron chi connectivity index (χ1n) is 8.43. The quantitative estimate of drug-likeness (QED) is 0.845. The number of nitrogens with zero attached hydrogens (tertiary/aromatic N) is 2. The molecule has 24 heavy (non-hydrogen) atoms. The molecule has 0 unspecified atom stereocenters. The maximum absolute atomic E-state index is 12.0. The minimum Gasteiger partial charge on any atom is -0.352 e. The molecule has 5 nitrogen and oxygen atoms in total. The lowest BCUT2D eigenvalue weighted by molar-refractivity contribution is -0.121. The zero-order valence-corrected chi connectivity index (χ0v) is 14.4. The van der Waals surface area contributed by atoms with Crippen molar-refractivity contribution in [2.75, 3.05) is 19.6 Å². The number of hydrogen-bond donors (Lipinski definition) is 2. The van der Waals surface area contributed by atoms with Crippen LogP contribution in [0.2, 0.25) is 5.02 Å². The van der Waals surface area contributed by atoms with Crippen molar-refractivity contribution in [3.05, 3.63) is 52.8 Å². The molecule has 0 radical (unpaired) electrons. The Balaban J connectivity index is 1.36. The molecular formula is C18H23ClN4O. The van der Waals surface area contributed by atoms with Crippen LogP contribution in [0.15, 0.2) is 36.7 Å². The normalized spacial score (nSPS) is 16.2. The van der Waals surface area contributed by atoms with Gasteiger partial charge in [0.15, 0.2) is 0 Å². The van der Waals surface area contributed by atoms with Crippen LogP contribution in [0.25, 0.3) is 0 Å². The van der Waals surface area contributed by atoms with Gasteiger partial charge in [-0.1, -0.05) is 29.8 Å². The van der Waals surface area contributed by atoms with Crippen molar-refractivity contribution in [2.24, 2.45) is 0 Å². The third kappa shape index (κ3) is 4.58. The molecule has 2 heterocycles. The van der Waals surface area contributed by atoms with E-state index in [4.69, 9.17) is 11.6 Å². The fourth-order valence-electron chi connectivity index (χ4n) is 3.16. The predicted octanol–water partition coefficient (Wildman–Crippen LogP) is 2.95. The minimum atomic E-state index is 0.0758. The maximum Gasteiger partial charge on any atom is 0.221 e. The van der Waals surface area contributed by atoms with Crippen molar-refractivity contribution in [3.63, 3.8) is 0 Å². The Labute approximate surface area is 147 Å². The van der Waals surface area contributed by atoms with Crippen molar-refractivity contribution in [3.8, 4) is 0 Å². The number of aromatic nitrogens is 2. The lowest BCUT2D eigenvalue weighted by atomic mass is 9.91. The second kappa shape index (κ2) is 8.31. The molecule has 1 aromatic carbocycles. The Kier molecular flexibility index (Phi) is 5.88. The second-order valence-corrected chi connectivity index (χ2v) is 6.67. The van der Waals surface area contributed by atoms with Crippen LogP contribution in [0.3, 0.4) is 0 Å². The summed E-state index contributed by atoms with van der Waals surface area (Å²) in [7, 11) is 0. The van der Waals surface area contributed by atoms with Crippen molar-refractivity contribution in [1.82, 2.24) is 20.4 Å². The van der Waals surface area contributed by atoms with Crippen molar-refractivity contribution in [2.45, 2.75) is 31.7 Å². The number of nitrogens with one attached hydrogen (secondary N) is 2. The van der Waals surface area contributed by atoms with Gasteiger partial charge in [0.2, 0.25) is 5.91 Å². The van der Waals surface area contributed by atoms with Gasteiger partial charge < -0.3 is 10.2 Å². The summed E-state index contributed by atoms with van der Waals surface area (Å²) in [6.45, 7) is 3.37. The molecule has 2 aromatic rings. The minimum absolute atomic E-state index is 0.0758. The van der Waals surface area contributed by atoms with E-state index in [0.717, 1.165) is 38.0 Å². The fourth-order valence-corrected chi connectivity index (χ4v) is 3.36. The first kappa shape index (κ1) is 17.0. The summed E-state index contributed by atoms with van der Waals surface area (Å²) in [4.78, 5) is 14.4. The van der Waals surface area contributed by atoms with Gasteiger partial charge in [-0.05, 0) is 49.0 Å². The highest BCUT2D eigenvalue weighted by atomic mass is 35.5. The maximum atomic E-state index is 12.0. The molecule has 6 heteroatoms. The average molecular weight is 347 g/mol. The third-order valence-corrected chi connectivity index (χ3v) is 5.04. The van der Waals surface area contributed by atoms with Gasteiger partial charge in [0.25, 0.3) is 0 Å². The molecule has 1 aliphatic rings. The van der Waals surface area contributed by atoms with Gasteiger partial charge in [0, 0.05) is 30.7 Å². The van der Waals surface area contributed by atoms with Gasteiger partial charge in [-0.15, -0.1) is 0 Å². The van der Waals surface area contributed by atoms with E-state index >= 15 is 0 Å². The van der Waals surface area contributed by atoms with Crippen LogP contribution in [-0.4, -0.2) is 40.6 Å². The Morgan fingerprint density at radius 2 is 2.12 bits per heavy atom. The first-order valence-corrected chi connectivity index (χ1v) is 8.81. The number of amides is 1. The van der Waals surface area contributed by atoms with Gasteiger partial charge in [-0.3, -0.25) is 9.89 Å². The van der Waals surface area contributed by atoms with E-state index < -0.39 is 0 Å². The number of rotatable bonds is 6. The molecule has 0 spiro atoms. The summed E-state index contributed by atoms with van der Waals surface area (Å²) >= 11 is 6.10. The topological polar surface area (TPSA) is 61.0 Å². The lowest BCUT2D eigenvalue weighted by Crippen LogP contribution is -2.36. The Bertz CT molecular complexity index is 651. The Morgan fingerprint density at radius 3 is 2.83 bits per heavy atom. The number of H-pyrrole nitrogens is 1. The zero-order valence-electron chi connectivity index (χ0n) is 13.7. The van der Waals surface area contributed by atoms with Gasteiger partial charge >= 0.3 is 0 Å². The standard InChI is InChI=1S/C18H23ClN4O/c19-17-4-2-1-3-15(17)11-20-18(24)7-10-23-8-5-14(6-9-23)16-12-21-22-13-16/h1-4,12-14H,5-11H2,(H,20,24)(H,21,22). The van der Waals surface area contributed by atoms with Crippen molar-refractivity contribution >= 4 is 17.5 Å². The smallest absolute Gasteiger partial charge is 0.221 e. The molecule has 1 saturated heterocycles. The van der Waals surface area contributed by atoms with Gasteiger partial charge in [0.1, 0.15) is 0 Å². The van der Waals surface area contributed by atoms with E-state index in [9.17, 15) is 4.79 Å². The van der Waals surface area contributed by atoms with Crippen LogP contribution >= 0.6 is 11.6 Å². The fraction of sp³-hybridized carbons (Fsp3) is 0.444. The SMILES string of the molecule is O=C(CCN1CCC(c2cn[nH]c2)CC1)NCc1ccccc1Cl. The van der Waals surface area contributed by atoms with Crippen LogP contribution in [0.5, 0.6) is 0 Å². The molecular weight excluding hydrogens is 324 g/mol. The number of likely N-dealkylation sites (tertiary alicyclic amines) is 1. The van der Waals surface area contributed by atoms with Crippen molar-refractivity contribution in [1.29, 1.82) is 0 Å². The molecule has 0 aliphatic carbocycles. The predicted molar refractivity (Wildman–Crippen MR) is 94.9 cm³/mol. The van der Waals surface area contributed by atoms with Gasteiger partial charge in [-0.25, -0.2) is 0 Å². The third-order valence-electron chi connectivity index (χ3n) is 4.67. The number of aromatic amines is 1. The van der Waals surface area contributed by atoms with Crippen molar-refractivity contribution < 1.29 is 4.79 Å². The summed E-state index contributed by atoms with van der Waals surface area (Å²) in [6, 6.07) is 7.59. The van der Waals surface area contributed by atoms with Gasteiger partial charge in [0.05, 0.1) is 6.20 Å². The molecule has 2 N–H and O–H groups in total. The number of hydrogen-bond acceptors (Lipinski definition) is 3. The number of halogens is 1. The highest BCUT2D eigenvalue weighted by Crippen LogP contribution is 2.27. The molecule has 0 bridgehead atoms. The summed E-state index contributed by atoms with van der Waals surface area (Å²) < 4.78 is 0.